The second-order valence-electron chi connectivity index (χ2n) is 7.27. The third-order valence-corrected chi connectivity index (χ3v) is 4.68. The largest absolute Gasteiger partial charge is 0.491 e. The highest BCUT2D eigenvalue weighted by molar-refractivity contribution is 5.97. The van der Waals surface area contributed by atoms with Crippen molar-refractivity contribution in [2.24, 2.45) is 0 Å². The number of carbonyl (C=O) groups excluding carboxylic acids is 3. The van der Waals surface area contributed by atoms with E-state index in [1.165, 1.54) is 13.8 Å². The molecule has 1 aliphatic heterocycles. The summed E-state index contributed by atoms with van der Waals surface area (Å²) in [5, 5.41) is 5.31. The summed E-state index contributed by atoms with van der Waals surface area (Å²) in [7, 11) is 0. The average Bonchev–Trinajstić information content (AvgIpc) is 3.27. The van der Waals surface area contributed by atoms with Crippen molar-refractivity contribution in [3.05, 3.63) is 54.1 Å². The summed E-state index contributed by atoms with van der Waals surface area (Å²) in [5.74, 6) is -0.605. The van der Waals surface area contributed by atoms with Crippen molar-refractivity contribution in [1.82, 2.24) is 0 Å². The van der Waals surface area contributed by atoms with Gasteiger partial charge in [0.1, 0.15) is 12.4 Å². The molecule has 2 atom stereocenters. The molecule has 0 aliphatic carbocycles. The highest BCUT2D eigenvalue weighted by Crippen LogP contribution is 2.18. The second kappa shape index (κ2) is 10.6. The van der Waals surface area contributed by atoms with Gasteiger partial charge in [-0.1, -0.05) is 0 Å². The van der Waals surface area contributed by atoms with Crippen molar-refractivity contribution < 1.29 is 28.6 Å². The molecule has 0 bridgehead atoms. The van der Waals surface area contributed by atoms with Gasteiger partial charge in [-0.25, -0.2) is 4.79 Å². The third-order valence-electron chi connectivity index (χ3n) is 4.68. The van der Waals surface area contributed by atoms with Crippen molar-refractivity contribution in [3.8, 4) is 5.75 Å². The summed E-state index contributed by atoms with van der Waals surface area (Å²) in [6, 6.07) is 13.2. The van der Waals surface area contributed by atoms with Gasteiger partial charge >= 0.3 is 5.97 Å². The van der Waals surface area contributed by atoms with Crippen LogP contribution in [-0.4, -0.2) is 43.2 Å². The third kappa shape index (κ3) is 6.82. The molecule has 2 N–H and O–H groups in total. The molecule has 8 nitrogen and oxygen atoms in total. The fourth-order valence-electron chi connectivity index (χ4n) is 3.02. The van der Waals surface area contributed by atoms with E-state index in [1.54, 1.807) is 48.5 Å². The van der Waals surface area contributed by atoms with Crippen LogP contribution in [0.25, 0.3) is 0 Å². The van der Waals surface area contributed by atoms with Crippen LogP contribution in [0.2, 0.25) is 0 Å². The Hall–Kier alpha value is -3.39. The van der Waals surface area contributed by atoms with Gasteiger partial charge in [0, 0.05) is 24.9 Å². The minimum Gasteiger partial charge on any atom is -0.491 e. The Bertz CT molecular complexity index is 905. The normalized spacial score (nSPS) is 16.3. The van der Waals surface area contributed by atoms with E-state index in [2.05, 4.69) is 10.6 Å². The molecular weight excluding hydrogens is 400 g/mol. The van der Waals surface area contributed by atoms with Crippen LogP contribution in [0.15, 0.2) is 48.5 Å². The van der Waals surface area contributed by atoms with Gasteiger partial charge in [0.15, 0.2) is 6.10 Å². The number of hydrogen-bond donors (Lipinski definition) is 2. The van der Waals surface area contributed by atoms with E-state index >= 15 is 0 Å². The van der Waals surface area contributed by atoms with Crippen molar-refractivity contribution in [1.29, 1.82) is 0 Å². The number of ether oxygens (including phenoxy) is 3. The van der Waals surface area contributed by atoms with Gasteiger partial charge in [-0.15, -0.1) is 0 Å². The summed E-state index contributed by atoms with van der Waals surface area (Å²) < 4.78 is 16.4. The predicted octanol–water partition coefficient (Wildman–Crippen LogP) is 3.39. The fourth-order valence-corrected chi connectivity index (χ4v) is 3.02. The lowest BCUT2D eigenvalue weighted by molar-refractivity contribution is -0.123. The smallest absolute Gasteiger partial charge is 0.338 e. The molecule has 1 heterocycles. The lowest BCUT2D eigenvalue weighted by atomic mass is 10.2. The maximum absolute atomic E-state index is 12.3. The quantitative estimate of drug-likeness (QED) is 0.628. The molecule has 2 unspecified atom stereocenters. The van der Waals surface area contributed by atoms with Gasteiger partial charge in [0.25, 0.3) is 5.91 Å². The van der Waals surface area contributed by atoms with E-state index in [1.807, 2.05) is 0 Å². The number of anilines is 2. The molecule has 1 saturated heterocycles. The molecule has 0 saturated carbocycles. The van der Waals surface area contributed by atoms with E-state index in [9.17, 15) is 14.4 Å². The number of amides is 2. The van der Waals surface area contributed by atoms with Gasteiger partial charge in [-0.2, -0.15) is 0 Å². The Morgan fingerprint density at radius 1 is 1.03 bits per heavy atom. The molecular formula is C23H26N2O6. The topological polar surface area (TPSA) is 103 Å². The molecule has 1 aliphatic rings. The SMILES string of the molecule is CC(=O)Nc1ccc(NC(=O)C(C)OC(=O)c2ccc(OCC3CCCO3)cc2)cc1. The van der Waals surface area contributed by atoms with E-state index in [0.29, 0.717) is 29.3 Å². The lowest BCUT2D eigenvalue weighted by Crippen LogP contribution is -2.30. The number of benzene rings is 2. The molecule has 2 aromatic rings. The van der Waals surface area contributed by atoms with Gasteiger partial charge in [0.2, 0.25) is 5.91 Å². The zero-order valence-electron chi connectivity index (χ0n) is 17.6. The van der Waals surface area contributed by atoms with Crippen molar-refractivity contribution >= 4 is 29.2 Å². The Balaban J connectivity index is 1.47. The molecule has 31 heavy (non-hydrogen) atoms. The lowest BCUT2D eigenvalue weighted by Gasteiger charge is -2.14. The number of rotatable bonds is 8. The maximum Gasteiger partial charge on any atom is 0.338 e. The summed E-state index contributed by atoms with van der Waals surface area (Å²) in [5.41, 5.74) is 1.46. The van der Waals surface area contributed by atoms with Gasteiger partial charge < -0.3 is 24.8 Å². The van der Waals surface area contributed by atoms with Crippen LogP contribution in [0.3, 0.4) is 0 Å². The molecule has 0 aromatic heterocycles. The van der Waals surface area contributed by atoms with Gasteiger partial charge in [-0.05, 0) is 68.3 Å². The van der Waals surface area contributed by atoms with E-state index in [-0.39, 0.29) is 12.0 Å². The second-order valence-corrected chi connectivity index (χ2v) is 7.27. The molecule has 0 radical (unpaired) electrons. The van der Waals surface area contributed by atoms with Crippen molar-refractivity contribution in [2.45, 2.75) is 38.9 Å². The van der Waals surface area contributed by atoms with Crippen LogP contribution in [0.5, 0.6) is 5.75 Å². The van der Waals surface area contributed by atoms with E-state index in [0.717, 1.165) is 19.4 Å². The predicted molar refractivity (Wildman–Crippen MR) is 115 cm³/mol. The number of hydrogen-bond acceptors (Lipinski definition) is 6. The highest BCUT2D eigenvalue weighted by Gasteiger charge is 2.20. The van der Waals surface area contributed by atoms with Crippen molar-refractivity contribution in [2.75, 3.05) is 23.8 Å². The molecule has 2 amide bonds. The molecule has 8 heteroatoms. The highest BCUT2D eigenvalue weighted by atomic mass is 16.5. The standard InChI is InChI=1S/C23H26N2O6/c1-15(22(27)25-19-9-7-18(8-10-19)24-16(2)26)31-23(28)17-5-11-20(12-6-17)30-14-21-4-3-13-29-21/h5-12,15,21H,3-4,13-14H2,1-2H3,(H,24,26)(H,25,27). The maximum atomic E-state index is 12.3. The van der Waals surface area contributed by atoms with Crippen LogP contribution >= 0.6 is 0 Å². The summed E-state index contributed by atoms with van der Waals surface area (Å²) in [6.45, 7) is 4.16. The zero-order valence-corrected chi connectivity index (χ0v) is 17.6. The minimum atomic E-state index is -0.988. The summed E-state index contributed by atoms with van der Waals surface area (Å²) >= 11 is 0. The Morgan fingerprint density at radius 2 is 1.68 bits per heavy atom. The van der Waals surface area contributed by atoms with Crippen LogP contribution in [-0.2, 0) is 19.1 Å². The van der Waals surface area contributed by atoms with Gasteiger partial charge in [-0.3, -0.25) is 9.59 Å². The van der Waals surface area contributed by atoms with Crippen LogP contribution < -0.4 is 15.4 Å². The Labute approximate surface area is 180 Å². The first-order chi connectivity index (χ1) is 14.9. The van der Waals surface area contributed by atoms with Crippen LogP contribution in [0, 0.1) is 0 Å². The molecule has 2 aromatic carbocycles. The average molecular weight is 426 g/mol. The molecule has 0 spiro atoms. The number of nitrogens with one attached hydrogen (secondary N) is 2. The van der Waals surface area contributed by atoms with Crippen LogP contribution in [0.4, 0.5) is 11.4 Å². The molecule has 1 fully saturated rings. The van der Waals surface area contributed by atoms with E-state index < -0.39 is 18.0 Å². The van der Waals surface area contributed by atoms with E-state index in [4.69, 9.17) is 14.2 Å². The fraction of sp³-hybridized carbons (Fsp3) is 0.348. The monoisotopic (exact) mass is 426 g/mol. The zero-order chi connectivity index (χ0) is 22.2. The summed E-state index contributed by atoms with van der Waals surface area (Å²) in [4.78, 5) is 35.7. The Kier molecular flexibility index (Phi) is 7.61. The minimum absolute atomic E-state index is 0.116. The molecule has 164 valence electrons. The first-order valence-electron chi connectivity index (χ1n) is 10.1. The first-order valence-corrected chi connectivity index (χ1v) is 10.1. The number of esters is 1. The Morgan fingerprint density at radius 3 is 2.26 bits per heavy atom. The van der Waals surface area contributed by atoms with Gasteiger partial charge in [0.05, 0.1) is 11.7 Å². The summed E-state index contributed by atoms with van der Waals surface area (Å²) in [6.07, 6.45) is 1.17. The van der Waals surface area contributed by atoms with Crippen LogP contribution in [0.1, 0.15) is 37.0 Å². The van der Waals surface area contributed by atoms with Crippen molar-refractivity contribution in [3.63, 3.8) is 0 Å². The number of carbonyl (C=O) groups is 3. The first kappa shape index (κ1) is 22.3. The molecule has 3 rings (SSSR count).